The van der Waals surface area contributed by atoms with Crippen LogP contribution in [-0.2, 0) is 9.59 Å². The predicted molar refractivity (Wildman–Crippen MR) is 108 cm³/mol. The van der Waals surface area contributed by atoms with Crippen molar-refractivity contribution in [3.63, 3.8) is 0 Å². The molecule has 26 heavy (non-hydrogen) atoms. The summed E-state index contributed by atoms with van der Waals surface area (Å²) >= 11 is 3.23. The second-order valence-corrected chi connectivity index (χ2v) is 8.36. The maximum atomic E-state index is 11.8. The second kappa shape index (κ2) is 9.40. The topological polar surface area (TPSA) is 82.9 Å². The molecule has 0 aliphatic carbocycles. The van der Waals surface area contributed by atoms with Crippen LogP contribution in [0.1, 0.15) is 46.2 Å². The SMILES string of the molecule is C/C(=N\NC(=O)CCC(=O)N/N=C(\C)c1ccc(C)s1)c1ccc(C)s1. The summed E-state index contributed by atoms with van der Waals surface area (Å²) in [6, 6.07) is 7.94. The highest BCUT2D eigenvalue weighted by Gasteiger charge is 2.08. The summed E-state index contributed by atoms with van der Waals surface area (Å²) in [5, 5.41) is 8.14. The van der Waals surface area contributed by atoms with E-state index in [1.54, 1.807) is 22.7 Å². The van der Waals surface area contributed by atoms with Crippen LogP contribution in [0, 0.1) is 13.8 Å². The first-order chi connectivity index (χ1) is 12.3. The third-order valence-electron chi connectivity index (χ3n) is 3.47. The van der Waals surface area contributed by atoms with Gasteiger partial charge in [0.2, 0.25) is 11.8 Å². The molecule has 0 radical (unpaired) electrons. The van der Waals surface area contributed by atoms with Crippen LogP contribution in [0.15, 0.2) is 34.5 Å². The molecule has 2 rings (SSSR count). The molecule has 6 nitrogen and oxygen atoms in total. The van der Waals surface area contributed by atoms with Gasteiger partial charge in [0, 0.05) is 22.6 Å². The van der Waals surface area contributed by atoms with Crippen LogP contribution in [0.4, 0.5) is 0 Å². The largest absolute Gasteiger partial charge is 0.273 e. The van der Waals surface area contributed by atoms with Crippen LogP contribution in [0.5, 0.6) is 0 Å². The molecule has 0 saturated heterocycles. The Hall–Kier alpha value is -2.32. The van der Waals surface area contributed by atoms with E-state index in [0.29, 0.717) is 0 Å². The number of carbonyl (C=O) groups is 2. The molecule has 2 N–H and O–H groups in total. The van der Waals surface area contributed by atoms with Crippen molar-refractivity contribution in [2.75, 3.05) is 0 Å². The van der Waals surface area contributed by atoms with Crippen LogP contribution in [0.25, 0.3) is 0 Å². The molecule has 0 saturated carbocycles. The van der Waals surface area contributed by atoms with Crippen molar-refractivity contribution in [1.82, 2.24) is 10.9 Å². The molecule has 2 aromatic heterocycles. The van der Waals surface area contributed by atoms with E-state index in [9.17, 15) is 9.59 Å². The van der Waals surface area contributed by atoms with Crippen LogP contribution in [-0.4, -0.2) is 23.2 Å². The minimum atomic E-state index is -0.303. The number of nitrogens with zero attached hydrogens (tertiary/aromatic N) is 2. The van der Waals surface area contributed by atoms with E-state index in [0.717, 1.165) is 21.2 Å². The minimum Gasteiger partial charge on any atom is -0.273 e. The Morgan fingerprint density at radius 1 is 0.808 bits per heavy atom. The monoisotopic (exact) mass is 390 g/mol. The highest BCUT2D eigenvalue weighted by atomic mass is 32.1. The molecule has 8 heteroatoms. The molecular weight excluding hydrogens is 368 g/mol. The van der Waals surface area contributed by atoms with Crippen molar-refractivity contribution in [3.8, 4) is 0 Å². The molecule has 0 bridgehead atoms. The molecule has 2 heterocycles. The number of hydrogen-bond acceptors (Lipinski definition) is 6. The van der Waals surface area contributed by atoms with Crippen molar-refractivity contribution >= 4 is 45.9 Å². The number of amides is 2. The second-order valence-electron chi connectivity index (χ2n) is 5.78. The lowest BCUT2D eigenvalue weighted by molar-refractivity contribution is -0.126. The summed E-state index contributed by atoms with van der Waals surface area (Å²) in [5.41, 5.74) is 6.45. The summed E-state index contributed by atoms with van der Waals surface area (Å²) in [5.74, 6) is -0.607. The van der Waals surface area contributed by atoms with E-state index in [1.165, 1.54) is 9.75 Å². The Bertz CT molecular complexity index is 779. The van der Waals surface area contributed by atoms with E-state index in [-0.39, 0.29) is 24.7 Å². The molecule has 0 atom stereocenters. The number of rotatable bonds is 7. The maximum Gasteiger partial charge on any atom is 0.240 e. The van der Waals surface area contributed by atoms with Gasteiger partial charge in [-0.1, -0.05) is 0 Å². The van der Waals surface area contributed by atoms with Crippen LogP contribution < -0.4 is 10.9 Å². The maximum absolute atomic E-state index is 11.8. The van der Waals surface area contributed by atoms with Crippen LogP contribution in [0.2, 0.25) is 0 Å². The van der Waals surface area contributed by atoms with E-state index in [4.69, 9.17) is 0 Å². The Kier molecular flexibility index (Phi) is 7.23. The zero-order valence-corrected chi connectivity index (χ0v) is 16.9. The normalized spacial score (nSPS) is 12.2. The number of hydrazone groups is 2. The number of nitrogens with one attached hydrogen (secondary N) is 2. The van der Waals surface area contributed by atoms with Gasteiger partial charge in [0.05, 0.1) is 21.2 Å². The standard InChI is InChI=1S/C18H22N4O2S2/c1-11-5-7-15(25-11)13(3)19-21-17(23)9-10-18(24)22-20-14(4)16-8-6-12(2)26-16/h5-8H,9-10H2,1-4H3,(H,21,23)(H,22,24)/b19-13+,20-14+. The Labute approximate surface area is 161 Å². The van der Waals surface area contributed by atoms with Gasteiger partial charge < -0.3 is 0 Å². The lowest BCUT2D eigenvalue weighted by Gasteiger charge is -2.02. The van der Waals surface area contributed by atoms with Gasteiger partial charge in [0.1, 0.15) is 0 Å². The summed E-state index contributed by atoms with van der Waals surface area (Å²) in [6.45, 7) is 7.70. The van der Waals surface area contributed by atoms with Gasteiger partial charge in [0.25, 0.3) is 0 Å². The molecule has 2 aromatic rings. The fraction of sp³-hybridized carbons (Fsp3) is 0.333. The molecule has 138 valence electrons. The highest BCUT2D eigenvalue weighted by Crippen LogP contribution is 2.16. The molecule has 0 aliphatic rings. The van der Waals surface area contributed by atoms with E-state index in [1.807, 2.05) is 52.0 Å². The molecule has 0 spiro atoms. The first-order valence-corrected chi connectivity index (χ1v) is 9.78. The van der Waals surface area contributed by atoms with Crippen LogP contribution in [0.3, 0.4) is 0 Å². The quantitative estimate of drug-likeness (QED) is 0.559. The molecule has 2 amide bonds. The predicted octanol–water partition coefficient (Wildman–Crippen LogP) is 3.59. The van der Waals surface area contributed by atoms with Gasteiger partial charge in [-0.05, 0) is 52.0 Å². The Balaban J connectivity index is 1.75. The fourth-order valence-corrected chi connectivity index (χ4v) is 3.62. The van der Waals surface area contributed by atoms with Crippen molar-refractivity contribution in [2.45, 2.75) is 40.5 Å². The number of thiophene rings is 2. The van der Waals surface area contributed by atoms with E-state index in [2.05, 4.69) is 21.1 Å². The zero-order chi connectivity index (χ0) is 19.1. The average molecular weight is 391 g/mol. The lowest BCUT2D eigenvalue weighted by atomic mass is 10.3. The van der Waals surface area contributed by atoms with E-state index < -0.39 is 0 Å². The van der Waals surface area contributed by atoms with Gasteiger partial charge in [-0.15, -0.1) is 22.7 Å². The van der Waals surface area contributed by atoms with Crippen molar-refractivity contribution < 1.29 is 9.59 Å². The first-order valence-electron chi connectivity index (χ1n) is 8.15. The molecule has 0 unspecified atom stereocenters. The summed E-state index contributed by atoms with van der Waals surface area (Å²) < 4.78 is 0. The highest BCUT2D eigenvalue weighted by molar-refractivity contribution is 7.14. The molecule has 0 fully saturated rings. The van der Waals surface area contributed by atoms with Gasteiger partial charge in [-0.2, -0.15) is 10.2 Å². The van der Waals surface area contributed by atoms with Gasteiger partial charge in [0.15, 0.2) is 0 Å². The minimum absolute atomic E-state index is 0.0543. The van der Waals surface area contributed by atoms with Crippen molar-refractivity contribution in [2.24, 2.45) is 10.2 Å². The third-order valence-corrected chi connectivity index (χ3v) is 5.69. The molecule has 0 aromatic carbocycles. The Morgan fingerprint density at radius 2 is 1.19 bits per heavy atom. The van der Waals surface area contributed by atoms with Crippen LogP contribution >= 0.6 is 22.7 Å². The van der Waals surface area contributed by atoms with Crippen molar-refractivity contribution in [1.29, 1.82) is 0 Å². The summed E-state index contributed by atoms with van der Waals surface area (Å²) in [7, 11) is 0. The van der Waals surface area contributed by atoms with Gasteiger partial charge in [-0.3, -0.25) is 9.59 Å². The lowest BCUT2D eigenvalue weighted by Crippen LogP contribution is -2.24. The van der Waals surface area contributed by atoms with Crippen molar-refractivity contribution in [3.05, 3.63) is 43.8 Å². The number of aryl methyl sites for hydroxylation is 2. The van der Waals surface area contributed by atoms with Gasteiger partial charge in [-0.25, -0.2) is 10.9 Å². The molecular formula is C18H22N4O2S2. The zero-order valence-electron chi connectivity index (χ0n) is 15.3. The Morgan fingerprint density at radius 3 is 1.50 bits per heavy atom. The van der Waals surface area contributed by atoms with E-state index >= 15 is 0 Å². The summed E-state index contributed by atoms with van der Waals surface area (Å²) in [4.78, 5) is 28.0. The average Bonchev–Trinajstić information content (AvgIpc) is 3.24. The smallest absolute Gasteiger partial charge is 0.240 e. The number of carbonyl (C=O) groups excluding carboxylic acids is 2. The fourth-order valence-electron chi connectivity index (χ4n) is 2.00. The third kappa shape index (κ3) is 6.20. The molecule has 0 aliphatic heterocycles. The van der Waals surface area contributed by atoms with Gasteiger partial charge >= 0.3 is 0 Å². The first kappa shape index (κ1) is 20.0. The number of hydrogen-bond donors (Lipinski definition) is 2. The summed E-state index contributed by atoms with van der Waals surface area (Å²) in [6.07, 6.45) is 0.109.